The summed E-state index contributed by atoms with van der Waals surface area (Å²) < 4.78 is 0. The van der Waals surface area contributed by atoms with Crippen LogP contribution >= 0.6 is 0 Å². The molecule has 5 saturated carbocycles. The van der Waals surface area contributed by atoms with Crippen LogP contribution in [-0.2, 0) is 4.79 Å². The molecule has 4 bridgehead atoms. The zero-order chi connectivity index (χ0) is 21.5. The summed E-state index contributed by atoms with van der Waals surface area (Å²) in [5.41, 5.74) is 3.26. The molecule has 2 aromatic rings. The van der Waals surface area contributed by atoms with Crippen LogP contribution in [0.2, 0.25) is 0 Å². The van der Waals surface area contributed by atoms with Crippen molar-refractivity contribution < 1.29 is 4.79 Å². The van der Waals surface area contributed by atoms with E-state index in [4.69, 9.17) is 0 Å². The van der Waals surface area contributed by atoms with E-state index in [-0.39, 0.29) is 5.41 Å². The van der Waals surface area contributed by atoms with Crippen LogP contribution in [0.15, 0.2) is 54.6 Å². The van der Waals surface area contributed by atoms with E-state index in [2.05, 4.69) is 64.8 Å². The number of hydrogen-bond donors (Lipinski definition) is 1. The summed E-state index contributed by atoms with van der Waals surface area (Å²) in [6, 6.07) is 19.8. The number of hydrogen-bond acceptors (Lipinski definition) is 2. The van der Waals surface area contributed by atoms with Gasteiger partial charge in [0.15, 0.2) is 0 Å². The monoisotopic (exact) mass is 428 g/mol. The summed E-state index contributed by atoms with van der Waals surface area (Å²) in [5.74, 6) is 2.64. The molecule has 0 saturated heterocycles. The maximum atomic E-state index is 13.8. The summed E-state index contributed by atoms with van der Waals surface area (Å²) >= 11 is 0. The van der Waals surface area contributed by atoms with E-state index in [9.17, 15) is 4.79 Å². The highest BCUT2D eigenvalue weighted by Gasteiger charge is 2.54. The highest BCUT2D eigenvalue weighted by atomic mass is 16.2. The Balaban J connectivity index is 1.32. The van der Waals surface area contributed by atoms with E-state index in [1.165, 1.54) is 57.1 Å². The summed E-state index contributed by atoms with van der Waals surface area (Å²) in [6.45, 7) is 0. The largest absolute Gasteiger partial charge is 0.337 e. The first-order valence-electron chi connectivity index (χ1n) is 12.9. The van der Waals surface area contributed by atoms with Gasteiger partial charge in [-0.3, -0.25) is 4.79 Å². The molecule has 2 aromatic carbocycles. The van der Waals surface area contributed by atoms with Gasteiger partial charge in [-0.1, -0.05) is 49.6 Å². The molecule has 3 heteroatoms. The third-order valence-electron chi connectivity index (χ3n) is 8.91. The van der Waals surface area contributed by atoms with E-state index in [0.29, 0.717) is 11.9 Å². The number of carbonyl (C=O) groups excluding carboxylic acids is 1. The Morgan fingerprint density at radius 1 is 0.781 bits per heavy atom. The highest BCUT2D eigenvalue weighted by Crippen LogP contribution is 2.60. The number of rotatable bonds is 5. The zero-order valence-electron chi connectivity index (χ0n) is 19.1. The molecule has 0 unspecified atom stereocenters. The fourth-order valence-corrected chi connectivity index (χ4v) is 7.91. The molecule has 7 rings (SSSR count). The lowest BCUT2D eigenvalue weighted by Crippen LogP contribution is -2.51. The smallest absolute Gasteiger partial charge is 0.230 e. The minimum absolute atomic E-state index is 0.121. The lowest BCUT2D eigenvalue weighted by atomic mass is 9.49. The van der Waals surface area contributed by atoms with Crippen LogP contribution in [0.25, 0.3) is 0 Å². The Morgan fingerprint density at radius 3 is 2.03 bits per heavy atom. The number of carbonyl (C=O) groups is 1. The van der Waals surface area contributed by atoms with Gasteiger partial charge in [0.05, 0.1) is 16.8 Å². The number of amides is 1. The molecule has 1 amide bonds. The molecule has 5 aliphatic rings. The average molecular weight is 429 g/mol. The van der Waals surface area contributed by atoms with Crippen molar-refractivity contribution >= 4 is 23.0 Å². The van der Waals surface area contributed by atoms with Gasteiger partial charge in [0.2, 0.25) is 5.91 Å². The summed E-state index contributed by atoms with van der Waals surface area (Å²) in [4.78, 5) is 16.3. The van der Waals surface area contributed by atoms with Crippen molar-refractivity contribution in [3.8, 4) is 0 Å². The second kappa shape index (κ2) is 8.24. The van der Waals surface area contributed by atoms with Gasteiger partial charge in [0.1, 0.15) is 0 Å². The Kier molecular flexibility index (Phi) is 5.24. The van der Waals surface area contributed by atoms with Crippen molar-refractivity contribution in [2.75, 3.05) is 10.2 Å². The number of anilines is 3. The van der Waals surface area contributed by atoms with Crippen molar-refractivity contribution in [3.05, 3.63) is 54.6 Å². The lowest BCUT2D eigenvalue weighted by molar-refractivity contribution is -0.140. The molecule has 0 radical (unpaired) electrons. The summed E-state index contributed by atoms with van der Waals surface area (Å²) in [5, 5.41) is 3.48. The van der Waals surface area contributed by atoms with Crippen molar-refractivity contribution in [1.29, 1.82) is 0 Å². The molecule has 0 aromatic heterocycles. The van der Waals surface area contributed by atoms with Crippen LogP contribution in [0, 0.1) is 23.2 Å². The first-order chi connectivity index (χ1) is 15.7. The second-order valence-corrected chi connectivity index (χ2v) is 11.2. The van der Waals surface area contributed by atoms with Gasteiger partial charge in [0.25, 0.3) is 0 Å². The Bertz CT molecular complexity index is 927. The Morgan fingerprint density at radius 2 is 1.38 bits per heavy atom. The van der Waals surface area contributed by atoms with Crippen LogP contribution in [0.1, 0.15) is 70.6 Å². The maximum absolute atomic E-state index is 13.8. The van der Waals surface area contributed by atoms with Gasteiger partial charge in [-0.15, -0.1) is 0 Å². The van der Waals surface area contributed by atoms with Crippen LogP contribution in [0.3, 0.4) is 0 Å². The molecule has 3 nitrogen and oxygen atoms in total. The fraction of sp³-hybridized carbons (Fsp3) is 0.552. The van der Waals surface area contributed by atoms with E-state index < -0.39 is 0 Å². The molecule has 168 valence electrons. The Hall–Kier alpha value is -2.29. The molecule has 0 heterocycles. The quantitative estimate of drug-likeness (QED) is 0.541. The molecule has 0 atom stereocenters. The number of nitrogens with zero attached hydrogens (tertiary/aromatic N) is 1. The molecule has 0 aliphatic heterocycles. The number of para-hydroxylation sites is 3. The zero-order valence-corrected chi connectivity index (χ0v) is 19.1. The van der Waals surface area contributed by atoms with Gasteiger partial charge < -0.3 is 10.2 Å². The van der Waals surface area contributed by atoms with Gasteiger partial charge in [0, 0.05) is 11.7 Å². The predicted molar refractivity (Wildman–Crippen MR) is 131 cm³/mol. The van der Waals surface area contributed by atoms with E-state index >= 15 is 0 Å². The summed E-state index contributed by atoms with van der Waals surface area (Å²) in [7, 11) is 0. The first kappa shape index (κ1) is 20.3. The Labute approximate surface area is 192 Å². The van der Waals surface area contributed by atoms with Gasteiger partial charge in [-0.25, -0.2) is 0 Å². The molecular formula is C29H36N2O. The van der Waals surface area contributed by atoms with E-state index in [0.717, 1.165) is 48.4 Å². The third kappa shape index (κ3) is 3.64. The maximum Gasteiger partial charge on any atom is 0.230 e. The van der Waals surface area contributed by atoms with Crippen LogP contribution in [0.4, 0.5) is 17.1 Å². The molecular weight excluding hydrogens is 392 g/mol. The number of benzene rings is 2. The standard InChI is InChI=1S/C29H36N2O/c32-28(29-18-21-15-22(19-29)17-23(16-21)20-29)30-26-13-7-8-14-27(26)31(24-9-3-1-4-10-24)25-11-5-2-6-12-25/h1,3-4,7-10,13-14,21-23,25H,2,5-6,11-12,15-20H2,(H,30,32). The average Bonchev–Trinajstić information content (AvgIpc) is 2.81. The van der Waals surface area contributed by atoms with Crippen LogP contribution < -0.4 is 10.2 Å². The SMILES string of the molecule is O=C(Nc1ccccc1N(c1ccccc1)C1CCCCC1)C12CC3CC(CC(C3)C1)C2. The predicted octanol–water partition coefficient (Wildman–Crippen LogP) is 7.31. The third-order valence-corrected chi connectivity index (χ3v) is 8.91. The first-order valence-corrected chi connectivity index (χ1v) is 12.9. The summed E-state index contributed by atoms with van der Waals surface area (Å²) in [6.07, 6.45) is 13.8. The van der Waals surface area contributed by atoms with Crippen molar-refractivity contribution in [2.45, 2.75) is 76.7 Å². The normalized spacial score (nSPS) is 31.4. The number of nitrogens with one attached hydrogen (secondary N) is 1. The topological polar surface area (TPSA) is 32.3 Å². The van der Waals surface area contributed by atoms with Gasteiger partial charge in [-0.05, 0) is 93.4 Å². The molecule has 1 N–H and O–H groups in total. The minimum atomic E-state index is -0.121. The van der Waals surface area contributed by atoms with Gasteiger partial charge >= 0.3 is 0 Å². The molecule has 5 fully saturated rings. The fourth-order valence-electron chi connectivity index (χ4n) is 7.91. The second-order valence-electron chi connectivity index (χ2n) is 11.2. The lowest BCUT2D eigenvalue weighted by Gasteiger charge is -2.55. The minimum Gasteiger partial charge on any atom is -0.337 e. The molecule has 5 aliphatic carbocycles. The van der Waals surface area contributed by atoms with Gasteiger partial charge in [-0.2, -0.15) is 0 Å². The molecule has 0 spiro atoms. The van der Waals surface area contributed by atoms with Crippen molar-refractivity contribution in [3.63, 3.8) is 0 Å². The van der Waals surface area contributed by atoms with E-state index in [1.807, 2.05) is 0 Å². The highest BCUT2D eigenvalue weighted by molar-refractivity contribution is 5.99. The van der Waals surface area contributed by atoms with Crippen molar-refractivity contribution in [2.24, 2.45) is 23.2 Å². The van der Waals surface area contributed by atoms with E-state index in [1.54, 1.807) is 0 Å². The molecule has 32 heavy (non-hydrogen) atoms. The van der Waals surface area contributed by atoms with Crippen LogP contribution in [0.5, 0.6) is 0 Å². The van der Waals surface area contributed by atoms with Crippen LogP contribution in [-0.4, -0.2) is 11.9 Å². The van der Waals surface area contributed by atoms with Crippen molar-refractivity contribution in [1.82, 2.24) is 0 Å².